The second-order valence-electron chi connectivity index (χ2n) is 5.82. The molecule has 1 amide bonds. The summed E-state index contributed by atoms with van der Waals surface area (Å²) in [6, 6.07) is 3.05. The minimum atomic E-state index is -3.81. The van der Waals surface area contributed by atoms with Crippen LogP contribution in [0.5, 0.6) is 0 Å². The van der Waals surface area contributed by atoms with Gasteiger partial charge in [0.05, 0.1) is 4.90 Å². The summed E-state index contributed by atoms with van der Waals surface area (Å²) in [7, 11) is -3.81. The lowest BCUT2D eigenvalue weighted by Gasteiger charge is -2.11. The van der Waals surface area contributed by atoms with Crippen molar-refractivity contribution >= 4 is 15.9 Å². The van der Waals surface area contributed by atoms with E-state index in [-0.39, 0.29) is 10.8 Å². The molecule has 116 valence electrons. The van der Waals surface area contributed by atoms with Gasteiger partial charge in [-0.05, 0) is 49.8 Å². The molecular weight excluding hydrogens is 288 g/mol. The highest BCUT2D eigenvalue weighted by Crippen LogP contribution is 2.33. The van der Waals surface area contributed by atoms with Gasteiger partial charge >= 0.3 is 0 Å². The highest BCUT2D eigenvalue weighted by Gasteiger charge is 2.21. The van der Waals surface area contributed by atoms with E-state index in [2.05, 4.69) is 5.32 Å². The van der Waals surface area contributed by atoms with Crippen LogP contribution in [0.25, 0.3) is 0 Å². The minimum absolute atomic E-state index is 0.0104. The Morgan fingerprint density at radius 2 is 1.95 bits per heavy atom. The number of nitrogens with one attached hydrogen (secondary N) is 1. The monoisotopic (exact) mass is 310 g/mol. The average Bonchev–Trinajstić information content (AvgIpc) is 3.16. The Labute approximate surface area is 126 Å². The van der Waals surface area contributed by atoms with Gasteiger partial charge in [0.15, 0.2) is 0 Å². The Bertz CT molecular complexity index is 649. The maximum atomic E-state index is 12.2. The molecule has 0 aliphatic heterocycles. The van der Waals surface area contributed by atoms with Gasteiger partial charge < -0.3 is 5.32 Å². The first-order chi connectivity index (χ1) is 9.79. The van der Waals surface area contributed by atoms with Gasteiger partial charge in [-0.15, -0.1) is 0 Å². The zero-order valence-electron chi connectivity index (χ0n) is 12.5. The number of hydrogen-bond donors (Lipinski definition) is 2. The summed E-state index contributed by atoms with van der Waals surface area (Å²) in [5.74, 6) is 0.602. The van der Waals surface area contributed by atoms with E-state index in [9.17, 15) is 13.2 Å². The van der Waals surface area contributed by atoms with Crippen LogP contribution in [-0.4, -0.2) is 20.9 Å². The first kappa shape index (κ1) is 16.0. The molecule has 5 nitrogen and oxygen atoms in total. The maximum Gasteiger partial charge on any atom is 0.251 e. The zero-order chi connectivity index (χ0) is 15.6. The summed E-state index contributed by atoms with van der Waals surface area (Å²) in [6.45, 7) is 4.08. The molecule has 0 heterocycles. The fourth-order valence-corrected chi connectivity index (χ4v) is 3.27. The van der Waals surface area contributed by atoms with Gasteiger partial charge in [0.2, 0.25) is 10.0 Å². The molecule has 1 aliphatic rings. The summed E-state index contributed by atoms with van der Waals surface area (Å²) >= 11 is 0. The van der Waals surface area contributed by atoms with Crippen LogP contribution in [0.2, 0.25) is 0 Å². The summed E-state index contributed by atoms with van der Waals surface area (Å²) in [6.07, 6.45) is 4.73. The second-order valence-corrected chi connectivity index (χ2v) is 7.35. The molecule has 2 rings (SSSR count). The van der Waals surface area contributed by atoms with Crippen LogP contribution in [0.1, 0.15) is 47.2 Å². The third kappa shape index (κ3) is 4.28. The number of rotatable bonds is 6. The molecule has 0 atom stereocenters. The smallest absolute Gasteiger partial charge is 0.251 e. The van der Waals surface area contributed by atoms with Crippen LogP contribution < -0.4 is 10.5 Å². The van der Waals surface area contributed by atoms with E-state index in [1.165, 1.54) is 18.9 Å². The van der Waals surface area contributed by atoms with E-state index in [1.807, 2.05) is 0 Å². The highest BCUT2D eigenvalue weighted by atomic mass is 32.2. The van der Waals surface area contributed by atoms with Crippen molar-refractivity contribution in [3.05, 3.63) is 28.8 Å². The summed E-state index contributed by atoms with van der Waals surface area (Å²) < 4.78 is 23.1. The molecule has 21 heavy (non-hydrogen) atoms. The van der Waals surface area contributed by atoms with E-state index >= 15 is 0 Å². The molecule has 0 unspecified atom stereocenters. The standard InChI is InChI=1S/C15H22N2O3S/c1-10-8-11(2)14(21(16,19)20)9-13(10)15(18)17-7-3-4-12-5-6-12/h8-9,12H,3-7H2,1-2H3,(H,17,18)(H2,16,19,20). The Hall–Kier alpha value is -1.40. The van der Waals surface area contributed by atoms with Crippen molar-refractivity contribution in [1.82, 2.24) is 5.32 Å². The van der Waals surface area contributed by atoms with E-state index in [0.717, 1.165) is 24.3 Å². The number of nitrogens with two attached hydrogens (primary N) is 1. The van der Waals surface area contributed by atoms with Gasteiger partial charge in [0.25, 0.3) is 5.91 Å². The molecule has 1 fully saturated rings. The van der Waals surface area contributed by atoms with Gasteiger partial charge in [-0.3, -0.25) is 4.79 Å². The fourth-order valence-electron chi connectivity index (χ4n) is 2.48. The predicted molar refractivity (Wildman–Crippen MR) is 81.6 cm³/mol. The van der Waals surface area contributed by atoms with Crippen molar-refractivity contribution < 1.29 is 13.2 Å². The van der Waals surface area contributed by atoms with Crippen molar-refractivity contribution in [1.29, 1.82) is 0 Å². The van der Waals surface area contributed by atoms with Crippen LogP contribution in [0, 0.1) is 19.8 Å². The highest BCUT2D eigenvalue weighted by molar-refractivity contribution is 7.89. The number of primary sulfonamides is 1. The molecular formula is C15H22N2O3S. The van der Waals surface area contributed by atoms with Crippen LogP contribution in [0.4, 0.5) is 0 Å². The lowest BCUT2D eigenvalue weighted by molar-refractivity contribution is 0.0952. The molecule has 1 aliphatic carbocycles. The molecule has 1 saturated carbocycles. The van der Waals surface area contributed by atoms with E-state index < -0.39 is 10.0 Å². The summed E-state index contributed by atoms with van der Waals surface area (Å²) in [5, 5.41) is 8.03. The normalized spacial score (nSPS) is 15.0. The first-order valence-electron chi connectivity index (χ1n) is 7.21. The van der Waals surface area contributed by atoms with Crippen molar-refractivity contribution in [2.45, 2.75) is 44.4 Å². The minimum Gasteiger partial charge on any atom is -0.352 e. The zero-order valence-corrected chi connectivity index (χ0v) is 13.3. The van der Waals surface area contributed by atoms with Crippen LogP contribution >= 0.6 is 0 Å². The number of carbonyl (C=O) groups excluding carboxylic acids is 1. The van der Waals surface area contributed by atoms with E-state index in [1.54, 1.807) is 19.9 Å². The largest absolute Gasteiger partial charge is 0.352 e. The Kier molecular flexibility index (Phi) is 4.68. The molecule has 6 heteroatoms. The Morgan fingerprint density at radius 3 is 2.52 bits per heavy atom. The molecule has 1 aromatic carbocycles. The molecule has 0 saturated heterocycles. The Balaban J connectivity index is 2.08. The molecule has 3 N–H and O–H groups in total. The second kappa shape index (κ2) is 6.15. The van der Waals surface area contributed by atoms with Crippen LogP contribution in [0.3, 0.4) is 0 Å². The van der Waals surface area contributed by atoms with E-state index in [4.69, 9.17) is 5.14 Å². The van der Waals surface area contributed by atoms with Gasteiger partial charge in [-0.25, -0.2) is 13.6 Å². The lowest BCUT2D eigenvalue weighted by atomic mass is 10.0. The van der Waals surface area contributed by atoms with Gasteiger partial charge in [0.1, 0.15) is 0 Å². The topological polar surface area (TPSA) is 89.3 Å². The molecule has 0 aromatic heterocycles. The third-order valence-corrected chi connectivity index (χ3v) is 4.90. The van der Waals surface area contributed by atoms with Crippen molar-refractivity contribution in [2.75, 3.05) is 6.54 Å². The molecule has 0 bridgehead atoms. The van der Waals surface area contributed by atoms with Crippen LogP contribution in [0.15, 0.2) is 17.0 Å². The van der Waals surface area contributed by atoms with Gasteiger partial charge in [0, 0.05) is 12.1 Å². The Morgan fingerprint density at radius 1 is 1.29 bits per heavy atom. The molecule has 0 spiro atoms. The molecule has 1 aromatic rings. The number of carbonyl (C=O) groups is 1. The first-order valence-corrected chi connectivity index (χ1v) is 8.76. The number of sulfonamides is 1. The number of benzene rings is 1. The van der Waals surface area contributed by atoms with Crippen molar-refractivity contribution in [3.8, 4) is 0 Å². The number of aryl methyl sites for hydroxylation is 2. The van der Waals surface area contributed by atoms with Crippen molar-refractivity contribution in [3.63, 3.8) is 0 Å². The predicted octanol–water partition coefficient (Wildman–Crippen LogP) is 1.87. The molecule has 0 radical (unpaired) electrons. The maximum absolute atomic E-state index is 12.2. The van der Waals surface area contributed by atoms with Gasteiger partial charge in [-0.2, -0.15) is 0 Å². The number of amides is 1. The average molecular weight is 310 g/mol. The van der Waals surface area contributed by atoms with Gasteiger partial charge in [-0.1, -0.05) is 18.9 Å². The summed E-state index contributed by atoms with van der Waals surface area (Å²) in [4.78, 5) is 12.2. The SMILES string of the molecule is Cc1cc(C)c(S(N)(=O)=O)cc1C(=O)NCCCC1CC1. The number of hydrogen-bond acceptors (Lipinski definition) is 3. The van der Waals surface area contributed by atoms with Crippen molar-refractivity contribution in [2.24, 2.45) is 11.1 Å². The lowest BCUT2D eigenvalue weighted by Crippen LogP contribution is -2.26. The summed E-state index contributed by atoms with van der Waals surface area (Å²) in [5.41, 5.74) is 1.68. The van der Waals surface area contributed by atoms with E-state index in [0.29, 0.717) is 17.7 Å². The van der Waals surface area contributed by atoms with Crippen LogP contribution in [-0.2, 0) is 10.0 Å². The quantitative estimate of drug-likeness (QED) is 0.786. The fraction of sp³-hybridized carbons (Fsp3) is 0.533. The third-order valence-electron chi connectivity index (χ3n) is 3.84.